The number of nitrogens with zero attached hydrogens (tertiary/aromatic N) is 1. The van der Waals surface area contributed by atoms with Crippen molar-refractivity contribution < 1.29 is 4.79 Å². The minimum atomic E-state index is 0.101. The highest BCUT2D eigenvalue weighted by Gasteiger charge is 2.46. The number of amides is 2. The van der Waals surface area contributed by atoms with Crippen LogP contribution >= 0.6 is 0 Å². The summed E-state index contributed by atoms with van der Waals surface area (Å²) < 4.78 is 0. The zero-order chi connectivity index (χ0) is 7.19. The first-order valence-electron chi connectivity index (χ1n) is 3.75. The van der Waals surface area contributed by atoms with Gasteiger partial charge in [-0.2, -0.15) is 0 Å². The molecule has 0 aromatic rings. The summed E-state index contributed by atoms with van der Waals surface area (Å²) in [5, 5.41) is 3.00. The van der Waals surface area contributed by atoms with Gasteiger partial charge in [-0.1, -0.05) is 0 Å². The number of nitrogens with one attached hydrogen (secondary N) is 1. The van der Waals surface area contributed by atoms with Gasteiger partial charge >= 0.3 is 6.03 Å². The van der Waals surface area contributed by atoms with Gasteiger partial charge in [0.05, 0.1) is 0 Å². The molecule has 2 amide bonds. The van der Waals surface area contributed by atoms with E-state index in [1.165, 1.54) is 12.8 Å². The molecule has 3 nitrogen and oxygen atoms in total. The predicted molar refractivity (Wildman–Crippen MR) is 37.7 cm³/mol. The van der Waals surface area contributed by atoms with Crippen LogP contribution in [0.1, 0.15) is 19.3 Å². The third-order valence-corrected chi connectivity index (χ3v) is 2.50. The minimum Gasteiger partial charge on any atom is -0.332 e. The van der Waals surface area contributed by atoms with Crippen molar-refractivity contribution in [2.24, 2.45) is 0 Å². The first kappa shape index (κ1) is 6.01. The van der Waals surface area contributed by atoms with E-state index in [2.05, 4.69) is 5.32 Å². The van der Waals surface area contributed by atoms with E-state index in [1.54, 1.807) is 4.90 Å². The van der Waals surface area contributed by atoms with Crippen LogP contribution in [0.2, 0.25) is 0 Å². The smallest absolute Gasteiger partial charge is 0.317 e. The van der Waals surface area contributed by atoms with E-state index in [-0.39, 0.29) is 11.6 Å². The number of hydrogen-bond donors (Lipinski definition) is 1. The summed E-state index contributed by atoms with van der Waals surface area (Å²) in [6.07, 6.45) is 3.51. The molecule has 2 rings (SSSR count). The zero-order valence-electron chi connectivity index (χ0n) is 6.18. The molecule has 1 aliphatic heterocycles. The second kappa shape index (κ2) is 1.65. The molecule has 1 N–H and O–H groups in total. The molecular formula is C7H12N2O. The van der Waals surface area contributed by atoms with Crippen LogP contribution < -0.4 is 5.32 Å². The fourth-order valence-corrected chi connectivity index (χ4v) is 1.39. The summed E-state index contributed by atoms with van der Waals surface area (Å²) in [6, 6.07) is 0.101. The topological polar surface area (TPSA) is 32.3 Å². The highest BCUT2D eigenvalue weighted by Crippen LogP contribution is 2.40. The average Bonchev–Trinajstić information content (AvgIpc) is 2.62. The summed E-state index contributed by atoms with van der Waals surface area (Å²) in [6.45, 7) is 0.922. The first-order valence-corrected chi connectivity index (χ1v) is 3.75. The summed E-state index contributed by atoms with van der Waals surface area (Å²) in [4.78, 5) is 12.8. The summed E-state index contributed by atoms with van der Waals surface area (Å²) in [5.41, 5.74) is 0.240. The van der Waals surface area contributed by atoms with Crippen LogP contribution in [0.25, 0.3) is 0 Å². The second-order valence-corrected chi connectivity index (χ2v) is 3.38. The maximum Gasteiger partial charge on any atom is 0.317 e. The molecule has 0 radical (unpaired) electrons. The lowest BCUT2D eigenvalue weighted by Gasteiger charge is -2.30. The van der Waals surface area contributed by atoms with Crippen molar-refractivity contribution in [2.45, 2.75) is 24.8 Å². The standard InChI is InChI=1S/C7H12N2O/c1-9-5-4-7(2-3-7)8-6(9)10/h2-5H2,1H3,(H,8,10). The molecular weight excluding hydrogens is 128 g/mol. The average molecular weight is 140 g/mol. The summed E-state index contributed by atoms with van der Waals surface area (Å²) in [7, 11) is 1.84. The molecule has 2 fully saturated rings. The fraction of sp³-hybridized carbons (Fsp3) is 0.857. The van der Waals surface area contributed by atoms with E-state index in [0.29, 0.717) is 0 Å². The Balaban J connectivity index is 2.04. The number of hydrogen-bond acceptors (Lipinski definition) is 1. The normalized spacial score (nSPS) is 28.5. The lowest BCUT2D eigenvalue weighted by Crippen LogP contribution is -2.51. The molecule has 0 unspecified atom stereocenters. The first-order chi connectivity index (χ1) is 4.72. The Hall–Kier alpha value is -0.730. The van der Waals surface area contributed by atoms with Crippen LogP contribution in [-0.2, 0) is 0 Å². The van der Waals surface area contributed by atoms with Gasteiger partial charge in [-0.25, -0.2) is 4.79 Å². The molecule has 0 bridgehead atoms. The molecule has 0 aromatic carbocycles. The van der Waals surface area contributed by atoms with Gasteiger partial charge in [0, 0.05) is 19.1 Å². The molecule has 3 heteroatoms. The molecule has 1 aliphatic carbocycles. The van der Waals surface area contributed by atoms with E-state index >= 15 is 0 Å². The van der Waals surface area contributed by atoms with Crippen molar-refractivity contribution >= 4 is 6.03 Å². The molecule has 1 spiro atoms. The van der Waals surface area contributed by atoms with Crippen LogP contribution in [0.15, 0.2) is 0 Å². The zero-order valence-corrected chi connectivity index (χ0v) is 6.18. The predicted octanol–water partition coefficient (Wildman–Crippen LogP) is 0.564. The van der Waals surface area contributed by atoms with E-state index < -0.39 is 0 Å². The van der Waals surface area contributed by atoms with Crippen LogP contribution in [0.5, 0.6) is 0 Å². The van der Waals surface area contributed by atoms with Gasteiger partial charge < -0.3 is 10.2 Å². The van der Waals surface area contributed by atoms with E-state index in [1.807, 2.05) is 7.05 Å². The lowest BCUT2D eigenvalue weighted by atomic mass is 10.1. The third-order valence-electron chi connectivity index (χ3n) is 2.50. The van der Waals surface area contributed by atoms with Crippen molar-refractivity contribution in [1.29, 1.82) is 0 Å². The molecule has 56 valence electrons. The summed E-state index contributed by atoms with van der Waals surface area (Å²) >= 11 is 0. The van der Waals surface area contributed by atoms with E-state index in [9.17, 15) is 4.79 Å². The number of carbonyl (C=O) groups excluding carboxylic acids is 1. The minimum absolute atomic E-state index is 0.101. The third kappa shape index (κ3) is 0.770. The lowest BCUT2D eigenvalue weighted by molar-refractivity contribution is 0.183. The fourth-order valence-electron chi connectivity index (χ4n) is 1.39. The molecule has 10 heavy (non-hydrogen) atoms. The van der Waals surface area contributed by atoms with Gasteiger partial charge in [0.25, 0.3) is 0 Å². The van der Waals surface area contributed by atoms with E-state index in [0.717, 1.165) is 13.0 Å². The molecule has 1 saturated carbocycles. The number of rotatable bonds is 0. The molecule has 1 heterocycles. The van der Waals surface area contributed by atoms with Crippen molar-refractivity contribution in [2.75, 3.05) is 13.6 Å². The van der Waals surface area contributed by atoms with Crippen LogP contribution in [0.3, 0.4) is 0 Å². The van der Waals surface area contributed by atoms with Gasteiger partial charge in [0.1, 0.15) is 0 Å². The Bertz CT molecular complexity index is 174. The maximum atomic E-state index is 11.1. The monoisotopic (exact) mass is 140 g/mol. The van der Waals surface area contributed by atoms with Gasteiger partial charge in [-0.05, 0) is 19.3 Å². The van der Waals surface area contributed by atoms with Crippen molar-refractivity contribution in [3.05, 3.63) is 0 Å². The highest BCUT2D eigenvalue weighted by molar-refractivity contribution is 5.76. The van der Waals surface area contributed by atoms with Crippen molar-refractivity contribution in [3.8, 4) is 0 Å². The highest BCUT2D eigenvalue weighted by atomic mass is 16.2. The van der Waals surface area contributed by atoms with E-state index in [4.69, 9.17) is 0 Å². The van der Waals surface area contributed by atoms with Crippen molar-refractivity contribution in [3.63, 3.8) is 0 Å². The molecule has 2 aliphatic rings. The van der Waals surface area contributed by atoms with Gasteiger partial charge in [0.15, 0.2) is 0 Å². The summed E-state index contributed by atoms with van der Waals surface area (Å²) in [5.74, 6) is 0. The van der Waals surface area contributed by atoms with Crippen molar-refractivity contribution in [1.82, 2.24) is 10.2 Å². The van der Waals surface area contributed by atoms with Gasteiger partial charge in [-0.3, -0.25) is 0 Å². The Labute approximate surface area is 60.4 Å². The SMILES string of the molecule is CN1CCC2(CC2)NC1=O. The molecule has 0 aromatic heterocycles. The van der Waals surface area contributed by atoms with Gasteiger partial charge in [-0.15, -0.1) is 0 Å². The van der Waals surface area contributed by atoms with Crippen LogP contribution in [0.4, 0.5) is 4.79 Å². The molecule has 1 saturated heterocycles. The Morgan fingerprint density at radius 2 is 2.20 bits per heavy atom. The quantitative estimate of drug-likeness (QED) is 0.524. The Morgan fingerprint density at radius 1 is 1.50 bits per heavy atom. The van der Waals surface area contributed by atoms with Crippen LogP contribution in [-0.4, -0.2) is 30.1 Å². The Kier molecular flexibility index (Phi) is 0.993. The van der Waals surface area contributed by atoms with Gasteiger partial charge in [0.2, 0.25) is 0 Å². The number of urea groups is 1. The maximum absolute atomic E-state index is 11.1. The number of carbonyl (C=O) groups is 1. The Morgan fingerprint density at radius 3 is 2.70 bits per heavy atom. The largest absolute Gasteiger partial charge is 0.332 e. The molecule has 0 atom stereocenters. The second-order valence-electron chi connectivity index (χ2n) is 3.38. The van der Waals surface area contributed by atoms with Crippen LogP contribution in [0, 0.1) is 0 Å².